The standard InChI is InChI=1S/C17H15ClN4O2/c18-12-3-1-4-13(16(12)22-8-2-7-19-22)21-17(23)14-10-24-15(20-14)9-11-5-6-11/h1-4,7-8,10-11H,5-6,9H2,(H,21,23). The van der Waals surface area contributed by atoms with E-state index in [9.17, 15) is 4.79 Å². The van der Waals surface area contributed by atoms with Gasteiger partial charge in [-0.15, -0.1) is 0 Å². The summed E-state index contributed by atoms with van der Waals surface area (Å²) in [6.07, 6.45) is 8.02. The lowest BCUT2D eigenvalue weighted by molar-refractivity contribution is 0.102. The molecule has 1 N–H and O–H groups in total. The van der Waals surface area contributed by atoms with Crippen molar-refractivity contribution in [3.05, 3.63) is 59.5 Å². The molecular formula is C17H15ClN4O2. The third-order valence-corrected chi connectivity index (χ3v) is 4.22. The number of rotatable bonds is 5. The van der Waals surface area contributed by atoms with Gasteiger partial charge in [0, 0.05) is 18.8 Å². The third-order valence-electron chi connectivity index (χ3n) is 3.91. The topological polar surface area (TPSA) is 73.0 Å². The number of nitrogens with one attached hydrogen (secondary N) is 1. The molecule has 0 spiro atoms. The van der Waals surface area contributed by atoms with Gasteiger partial charge in [0.15, 0.2) is 11.6 Å². The van der Waals surface area contributed by atoms with Gasteiger partial charge in [0.25, 0.3) is 5.91 Å². The number of oxazole rings is 1. The molecule has 3 aromatic rings. The molecule has 0 atom stereocenters. The van der Waals surface area contributed by atoms with Crippen LogP contribution in [0.1, 0.15) is 29.2 Å². The minimum absolute atomic E-state index is 0.261. The predicted octanol–water partition coefficient (Wildman–Crippen LogP) is 3.72. The predicted molar refractivity (Wildman–Crippen MR) is 89.5 cm³/mol. The normalized spacial score (nSPS) is 13.9. The summed E-state index contributed by atoms with van der Waals surface area (Å²) < 4.78 is 7.00. The molecule has 1 saturated carbocycles. The van der Waals surface area contributed by atoms with Crippen molar-refractivity contribution >= 4 is 23.2 Å². The number of carbonyl (C=O) groups excluding carboxylic acids is 1. The van der Waals surface area contributed by atoms with E-state index in [2.05, 4.69) is 15.4 Å². The van der Waals surface area contributed by atoms with Crippen LogP contribution in [0.5, 0.6) is 0 Å². The van der Waals surface area contributed by atoms with Crippen molar-refractivity contribution in [3.63, 3.8) is 0 Å². The summed E-state index contributed by atoms with van der Waals surface area (Å²) >= 11 is 6.27. The molecule has 4 rings (SSSR count). The summed E-state index contributed by atoms with van der Waals surface area (Å²) in [5.74, 6) is 0.927. The Hall–Kier alpha value is -2.60. The van der Waals surface area contributed by atoms with Gasteiger partial charge >= 0.3 is 0 Å². The summed E-state index contributed by atoms with van der Waals surface area (Å²) in [5, 5.41) is 7.50. The van der Waals surface area contributed by atoms with Crippen LogP contribution < -0.4 is 5.32 Å². The monoisotopic (exact) mass is 342 g/mol. The molecule has 1 amide bonds. The van der Waals surface area contributed by atoms with Crippen molar-refractivity contribution in [1.82, 2.24) is 14.8 Å². The molecule has 0 aliphatic heterocycles. The molecule has 122 valence electrons. The number of hydrogen-bond donors (Lipinski definition) is 1. The third kappa shape index (κ3) is 3.05. The van der Waals surface area contributed by atoms with Crippen molar-refractivity contribution < 1.29 is 9.21 Å². The highest BCUT2D eigenvalue weighted by molar-refractivity contribution is 6.33. The molecule has 6 nitrogen and oxygen atoms in total. The Morgan fingerprint density at radius 1 is 1.38 bits per heavy atom. The number of halogens is 1. The van der Waals surface area contributed by atoms with Crippen molar-refractivity contribution in [2.75, 3.05) is 5.32 Å². The fraction of sp³-hybridized carbons (Fsp3) is 0.235. The summed E-state index contributed by atoms with van der Waals surface area (Å²) in [7, 11) is 0. The zero-order valence-corrected chi connectivity index (χ0v) is 13.5. The van der Waals surface area contributed by atoms with Crippen molar-refractivity contribution in [1.29, 1.82) is 0 Å². The SMILES string of the molecule is O=C(Nc1cccc(Cl)c1-n1cccn1)c1coc(CC2CC2)n1. The number of para-hydroxylation sites is 1. The maximum Gasteiger partial charge on any atom is 0.277 e. The first kappa shape index (κ1) is 15.0. The Morgan fingerprint density at radius 3 is 3.00 bits per heavy atom. The Kier molecular flexibility index (Phi) is 3.82. The highest BCUT2D eigenvalue weighted by Crippen LogP contribution is 2.32. The van der Waals surface area contributed by atoms with Crippen LogP contribution in [0.4, 0.5) is 5.69 Å². The molecule has 2 aromatic heterocycles. The molecule has 2 heterocycles. The van der Waals surface area contributed by atoms with E-state index in [1.165, 1.54) is 19.1 Å². The smallest absolute Gasteiger partial charge is 0.277 e. The summed E-state index contributed by atoms with van der Waals surface area (Å²) in [4.78, 5) is 16.7. The molecule has 0 saturated heterocycles. The number of hydrogen-bond acceptors (Lipinski definition) is 4. The van der Waals surface area contributed by atoms with Gasteiger partial charge in [0.1, 0.15) is 12.0 Å². The van der Waals surface area contributed by atoms with Gasteiger partial charge < -0.3 is 9.73 Å². The van der Waals surface area contributed by atoms with Crippen LogP contribution in [0.3, 0.4) is 0 Å². The van der Waals surface area contributed by atoms with E-state index in [0.717, 1.165) is 6.42 Å². The van der Waals surface area contributed by atoms with Crippen molar-refractivity contribution in [3.8, 4) is 5.69 Å². The maximum atomic E-state index is 12.5. The fourth-order valence-corrected chi connectivity index (χ4v) is 2.78. The van der Waals surface area contributed by atoms with Crippen LogP contribution in [-0.4, -0.2) is 20.7 Å². The molecule has 0 bridgehead atoms. The molecule has 7 heteroatoms. The van der Waals surface area contributed by atoms with E-state index in [1.54, 1.807) is 41.3 Å². The molecule has 1 aliphatic carbocycles. The van der Waals surface area contributed by atoms with Crippen molar-refractivity contribution in [2.45, 2.75) is 19.3 Å². The second kappa shape index (κ2) is 6.13. The second-order valence-corrected chi connectivity index (χ2v) is 6.22. The van der Waals surface area contributed by atoms with E-state index >= 15 is 0 Å². The first-order chi connectivity index (χ1) is 11.7. The maximum absolute atomic E-state index is 12.5. The molecule has 0 unspecified atom stereocenters. The van der Waals surface area contributed by atoms with Crippen molar-refractivity contribution in [2.24, 2.45) is 5.92 Å². The second-order valence-electron chi connectivity index (χ2n) is 5.81. The lowest BCUT2D eigenvalue weighted by Gasteiger charge is -2.11. The van der Waals surface area contributed by atoms with Gasteiger partial charge in [-0.05, 0) is 37.0 Å². The van der Waals surface area contributed by atoms with Gasteiger partial charge in [0.2, 0.25) is 0 Å². The summed E-state index contributed by atoms with van der Waals surface area (Å²) in [5.41, 5.74) is 1.43. The minimum atomic E-state index is -0.337. The highest BCUT2D eigenvalue weighted by atomic mass is 35.5. The van der Waals surface area contributed by atoms with Gasteiger partial charge in [-0.2, -0.15) is 5.10 Å². The van der Waals surface area contributed by atoms with E-state index < -0.39 is 0 Å². The number of amides is 1. The number of anilines is 1. The molecular weight excluding hydrogens is 328 g/mol. The highest BCUT2D eigenvalue weighted by Gasteiger charge is 2.24. The van der Waals surface area contributed by atoms with Gasteiger partial charge in [-0.1, -0.05) is 17.7 Å². The fourth-order valence-electron chi connectivity index (χ4n) is 2.51. The molecule has 1 fully saturated rings. The molecule has 24 heavy (non-hydrogen) atoms. The van der Waals surface area contributed by atoms with Crippen LogP contribution in [0, 0.1) is 5.92 Å². The minimum Gasteiger partial charge on any atom is -0.448 e. The van der Waals surface area contributed by atoms with E-state index in [4.69, 9.17) is 16.0 Å². The van der Waals surface area contributed by atoms with Crippen LogP contribution in [0.2, 0.25) is 5.02 Å². The lowest BCUT2D eigenvalue weighted by atomic mass is 10.2. The summed E-state index contributed by atoms with van der Waals surface area (Å²) in [6.45, 7) is 0. The van der Waals surface area contributed by atoms with Crippen LogP contribution in [0.15, 0.2) is 47.3 Å². The first-order valence-electron chi connectivity index (χ1n) is 7.75. The first-order valence-corrected chi connectivity index (χ1v) is 8.13. The lowest BCUT2D eigenvalue weighted by Crippen LogP contribution is -2.14. The largest absolute Gasteiger partial charge is 0.448 e. The average molecular weight is 343 g/mol. The average Bonchev–Trinajstić information content (AvgIpc) is 3.02. The molecule has 1 aliphatic rings. The van der Waals surface area contributed by atoms with Crippen LogP contribution >= 0.6 is 11.6 Å². The Labute approximate surface area is 143 Å². The van der Waals surface area contributed by atoms with Gasteiger partial charge in [-0.3, -0.25) is 4.79 Å². The molecule has 1 aromatic carbocycles. The van der Waals surface area contributed by atoms with E-state index in [0.29, 0.717) is 28.2 Å². The zero-order valence-electron chi connectivity index (χ0n) is 12.8. The number of nitrogens with zero attached hydrogens (tertiary/aromatic N) is 3. The Morgan fingerprint density at radius 2 is 2.25 bits per heavy atom. The zero-order chi connectivity index (χ0) is 16.5. The van der Waals surface area contributed by atoms with Crippen LogP contribution in [0.25, 0.3) is 5.69 Å². The number of carbonyl (C=O) groups is 1. The summed E-state index contributed by atoms with van der Waals surface area (Å²) in [6, 6.07) is 7.08. The van der Waals surface area contributed by atoms with Gasteiger partial charge in [0.05, 0.1) is 10.7 Å². The quantitative estimate of drug-likeness (QED) is 0.767. The Bertz CT molecular complexity index is 869. The van der Waals surface area contributed by atoms with E-state index in [1.807, 2.05) is 0 Å². The van der Waals surface area contributed by atoms with Crippen LogP contribution in [-0.2, 0) is 6.42 Å². The Balaban J connectivity index is 1.57. The number of aromatic nitrogens is 3. The molecule has 0 radical (unpaired) electrons. The van der Waals surface area contributed by atoms with E-state index in [-0.39, 0.29) is 11.6 Å². The number of benzene rings is 1. The van der Waals surface area contributed by atoms with Gasteiger partial charge in [-0.25, -0.2) is 9.67 Å².